The van der Waals surface area contributed by atoms with E-state index in [0.717, 1.165) is 12.1 Å². The van der Waals surface area contributed by atoms with Gasteiger partial charge in [0, 0.05) is 29.6 Å². The number of nitrogens with zero attached hydrogens (tertiary/aromatic N) is 1. The molecule has 3 rings (SSSR count). The van der Waals surface area contributed by atoms with E-state index < -0.39 is 41.1 Å². The monoisotopic (exact) mass is 495 g/mol. The fourth-order valence-electron chi connectivity index (χ4n) is 3.34. The maximum atomic E-state index is 12.6. The molecule has 11 nitrogen and oxygen atoms in total. The molecular formula is C21H23NNa2O10. The number of aryl methyl sites for hydroxylation is 2. The zero-order valence-corrected chi connectivity index (χ0v) is 23.2. The van der Waals surface area contributed by atoms with Crippen LogP contribution in [0.4, 0.5) is 0 Å². The third kappa shape index (κ3) is 6.79. The quantitative estimate of drug-likeness (QED) is 0.193. The molecule has 0 radical (unpaired) electrons. The van der Waals surface area contributed by atoms with Crippen molar-refractivity contribution in [3.63, 3.8) is 0 Å². The van der Waals surface area contributed by atoms with Crippen LogP contribution in [0.1, 0.15) is 49.7 Å². The molecule has 0 aliphatic heterocycles. The van der Waals surface area contributed by atoms with Gasteiger partial charge in [0.25, 0.3) is 0 Å². The Hall–Kier alpha value is -1.99. The van der Waals surface area contributed by atoms with Gasteiger partial charge in [-0.25, -0.2) is 14.4 Å². The molecule has 0 amide bonds. The van der Waals surface area contributed by atoms with E-state index in [1.165, 1.54) is 10.6 Å². The summed E-state index contributed by atoms with van der Waals surface area (Å²) in [4.78, 5) is 57.0. The second-order valence-electron chi connectivity index (χ2n) is 6.65. The first kappa shape index (κ1) is 32.0. The summed E-state index contributed by atoms with van der Waals surface area (Å²) in [6.45, 7) is 3.10. The van der Waals surface area contributed by atoms with E-state index in [1.54, 1.807) is 6.92 Å². The molecule has 0 unspecified atom stereocenters. The number of benzene rings is 1. The minimum Gasteiger partial charge on any atom is -1.00 e. The number of aromatic nitrogens is 1. The van der Waals surface area contributed by atoms with E-state index in [-0.39, 0.29) is 90.6 Å². The summed E-state index contributed by atoms with van der Waals surface area (Å²) in [5, 5.41) is 34.0. The number of carbonyl (C=O) groups is 3. The standard InChI is InChI=1S/C19H17NO7.C2H4O3.2Na.2H/c1-3-5-9-16-10(13(21)7-12(18(23)24)20(16)4-2)6-11-14(22)8-15(19(25)26)27-17(9)11;3-1-2(4)5;;;;/h6-8H,3-5H2,1-2H3,(H,23,24)(H,25,26);3H,1H2,(H,4,5);;;;/q;;2*+1;2*-1. The molecule has 13 heteroatoms. The predicted octanol–water partition coefficient (Wildman–Crippen LogP) is -4.23. The molecule has 2 aromatic heterocycles. The molecule has 0 spiro atoms. The van der Waals surface area contributed by atoms with Crippen LogP contribution in [0.5, 0.6) is 0 Å². The maximum absolute atomic E-state index is 12.6. The third-order valence-corrected chi connectivity index (χ3v) is 4.56. The number of pyridine rings is 1. The zero-order chi connectivity index (χ0) is 24.2. The summed E-state index contributed by atoms with van der Waals surface area (Å²) in [6.07, 6.45) is 0.993. The number of aliphatic carboxylic acids is 1. The summed E-state index contributed by atoms with van der Waals surface area (Å²) in [5.41, 5.74) is -0.401. The molecule has 2 heterocycles. The molecule has 0 aliphatic carbocycles. The summed E-state index contributed by atoms with van der Waals surface area (Å²) in [6, 6.07) is 3.25. The van der Waals surface area contributed by atoms with Crippen molar-refractivity contribution in [3.8, 4) is 0 Å². The SMILES string of the molecule is CCCc1c2oc(C(=O)O)cc(=O)c2cc2c(=O)cc(C(=O)O)n(CC)c12.O=C(O)CO.[H-].[H-].[Na+].[Na+]. The largest absolute Gasteiger partial charge is 1.00 e. The van der Waals surface area contributed by atoms with Crippen LogP contribution >= 0.6 is 0 Å². The number of carboxylic acid groups (broad SMARTS) is 3. The number of hydrogen-bond donors (Lipinski definition) is 4. The summed E-state index contributed by atoms with van der Waals surface area (Å²) >= 11 is 0. The van der Waals surface area contributed by atoms with E-state index >= 15 is 0 Å². The van der Waals surface area contributed by atoms with Crippen molar-refractivity contribution >= 4 is 39.8 Å². The molecule has 174 valence electrons. The average Bonchev–Trinajstić information content (AvgIpc) is 2.74. The van der Waals surface area contributed by atoms with Crippen LogP contribution in [-0.2, 0) is 17.8 Å². The summed E-state index contributed by atoms with van der Waals surface area (Å²) < 4.78 is 6.94. The van der Waals surface area contributed by atoms with Crippen molar-refractivity contribution in [1.29, 1.82) is 0 Å². The molecule has 1 aromatic carbocycles. The van der Waals surface area contributed by atoms with E-state index in [1.807, 2.05) is 6.92 Å². The second-order valence-corrected chi connectivity index (χ2v) is 6.65. The predicted molar refractivity (Wildman–Crippen MR) is 115 cm³/mol. The number of aliphatic hydroxyl groups is 1. The molecule has 0 saturated carbocycles. The fourth-order valence-corrected chi connectivity index (χ4v) is 3.34. The third-order valence-electron chi connectivity index (χ3n) is 4.56. The molecule has 0 atom stereocenters. The van der Waals surface area contributed by atoms with Crippen LogP contribution in [0.25, 0.3) is 21.9 Å². The van der Waals surface area contributed by atoms with Gasteiger partial charge >= 0.3 is 77.0 Å². The first-order chi connectivity index (χ1) is 15.1. The van der Waals surface area contributed by atoms with Gasteiger partial charge in [0.15, 0.2) is 10.9 Å². The molecule has 0 aliphatic rings. The van der Waals surface area contributed by atoms with E-state index in [2.05, 4.69) is 0 Å². The average molecular weight is 495 g/mol. The van der Waals surface area contributed by atoms with Crippen LogP contribution < -0.4 is 70.0 Å². The van der Waals surface area contributed by atoms with Gasteiger partial charge in [-0.1, -0.05) is 13.3 Å². The molecule has 4 N–H and O–H groups in total. The van der Waals surface area contributed by atoms with Crippen LogP contribution in [0.3, 0.4) is 0 Å². The van der Waals surface area contributed by atoms with Gasteiger partial charge in [0.1, 0.15) is 17.9 Å². The Morgan fingerprint density at radius 1 is 0.941 bits per heavy atom. The number of carboxylic acids is 3. The van der Waals surface area contributed by atoms with Gasteiger partial charge in [0.2, 0.25) is 5.76 Å². The van der Waals surface area contributed by atoms with Gasteiger partial charge in [-0.2, -0.15) is 0 Å². The normalized spacial score (nSPS) is 9.97. The second kappa shape index (κ2) is 13.8. The topological polar surface area (TPSA) is 184 Å². The zero-order valence-electron chi connectivity index (χ0n) is 21.2. The number of fused-ring (bicyclic) bond motifs is 2. The van der Waals surface area contributed by atoms with Crippen LogP contribution in [0, 0.1) is 0 Å². The maximum Gasteiger partial charge on any atom is 1.00 e. The van der Waals surface area contributed by atoms with Gasteiger partial charge in [-0.3, -0.25) is 9.59 Å². The van der Waals surface area contributed by atoms with E-state index in [0.29, 0.717) is 23.9 Å². The minimum absolute atomic E-state index is 0. The van der Waals surface area contributed by atoms with Crippen molar-refractivity contribution in [2.75, 3.05) is 6.61 Å². The Morgan fingerprint density at radius 2 is 1.50 bits per heavy atom. The number of aliphatic hydroxyl groups excluding tert-OH is 1. The van der Waals surface area contributed by atoms with Crippen molar-refractivity contribution in [3.05, 3.63) is 55.7 Å². The van der Waals surface area contributed by atoms with Crippen LogP contribution in [0.2, 0.25) is 0 Å². The van der Waals surface area contributed by atoms with Gasteiger partial charge < -0.3 is 32.3 Å². The van der Waals surface area contributed by atoms with Crippen molar-refractivity contribution in [2.24, 2.45) is 0 Å². The fraction of sp³-hybridized carbons (Fsp3) is 0.286. The van der Waals surface area contributed by atoms with Crippen molar-refractivity contribution in [1.82, 2.24) is 4.57 Å². The number of aromatic carboxylic acids is 2. The first-order valence-electron chi connectivity index (χ1n) is 9.53. The molecular weight excluding hydrogens is 472 g/mol. The molecule has 0 saturated heterocycles. The number of rotatable bonds is 6. The van der Waals surface area contributed by atoms with Gasteiger partial charge in [0.05, 0.1) is 10.9 Å². The van der Waals surface area contributed by atoms with Crippen molar-refractivity contribution < 1.29 is 101 Å². The summed E-state index contributed by atoms with van der Waals surface area (Å²) in [7, 11) is 0. The molecule has 34 heavy (non-hydrogen) atoms. The summed E-state index contributed by atoms with van der Waals surface area (Å²) in [5.74, 6) is -4.34. The Morgan fingerprint density at radius 3 is 1.94 bits per heavy atom. The molecule has 0 bridgehead atoms. The van der Waals surface area contributed by atoms with Gasteiger partial charge in [-0.05, 0) is 19.4 Å². The Bertz CT molecular complexity index is 1350. The first-order valence-corrected chi connectivity index (χ1v) is 9.53. The molecule has 0 fully saturated rings. The van der Waals surface area contributed by atoms with Crippen LogP contribution in [-0.4, -0.2) is 49.5 Å². The minimum atomic E-state index is -1.39. The Labute approximate surface area is 239 Å². The Kier molecular flexibility index (Phi) is 13.0. The van der Waals surface area contributed by atoms with E-state index in [9.17, 15) is 29.4 Å². The van der Waals surface area contributed by atoms with Gasteiger partial charge in [-0.15, -0.1) is 0 Å². The number of hydrogen-bond acceptors (Lipinski definition) is 7. The van der Waals surface area contributed by atoms with E-state index in [4.69, 9.17) is 19.4 Å². The molecule has 3 aromatic rings. The van der Waals surface area contributed by atoms with Crippen molar-refractivity contribution in [2.45, 2.75) is 33.2 Å². The smallest absolute Gasteiger partial charge is 1.00 e. The van der Waals surface area contributed by atoms with Crippen LogP contribution in [0.15, 0.2) is 32.2 Å². The Balaban J connectivity index is -0.00000111.